The summed E-state index contributed by atoms with van der Waals surface area (Å²) < 4.78 is 5.64. The van der Waals surface area contributed by atoms with Crippen molar-refractivity contribution < 1.29 is 20.1 Å². The Hall–Kier alpha value is -2.36. The highest BCUT2D eigenvalue weighted by Gasteiger charge is 2.22. The van der Waals surface area contributed by atoms with Crippen LogP contribution in [0.3, 0.4) is 0 Å². The average molecular weight is 258 g/mol. The predicted octanol–water partition coefficient (Wildman–Crippen LogP) is 2.52. The van der Waals surface area contributed by atoms with Crippen molar-refractivity contribution in [3.8, 4) is 23.0 Å². The van der Waals surface area contributed by atoms with Gasteiger partial charge in [0.1, 0.15) is 11.5 Å². The van der Waals surface area contributed by atoms with E-state index < -0.39 is 0 Å². The molecule has 2 aromatic carbocycles. The minimum absolute atomic E-state index is 0.117. The van der Waals surface area contributed by atoms with Crippen LogP contribution in [0.15, 0.2) is 36.4 Å². The Balaban J connectivity index is 1.89. The molecule has 0 bridgehead atoms. The second-order valence-electron chi connectivity index (χ2n) is 4.75. The summed E-state index contributed by atoms with van der Waals surface area (Å²) in [5.74, 6) is 0.794. The number of rotatable bonds is 1. The lowest BCUT2D eigenvalue weighted by Gasteiger charge is -2.25. The monoisotopic (exact) mass is 258 g/mol. The van der Waals surface area contributed by atoms with Gasteiger partial charge in [-0.1, -0.05) is 12.1 Å². The molecule has 19 heavy (non-hydrogen) atoms. The summed E-state index contributed by atoms with van der Waals surface area (Å²) in [5.41, 5.74) is 1.95. The summed E-state index contributed by atoms with van der Waals surface area (Å²) in [7, 11) is 0. The van der Waals surface area contributed by atoms with Crippen LogP contribution in [0.5, 0.6) is 23.0 Å². The normalized spacial score (nSPS) is 17.6. The molecule has 0 saturated heterocycles. The van der Waals surface area contributed by atoms with E-state index in [0.29, 0.717) is 12.4 Å². The van der Waals surface area contributed by atoms with Gasteiger partial charge >= 0.3 is 0 Å². The van der Waals surface area contributed by atoms with Crippen molar-refractivity contribution in [1.29, 1.82) is 0 Å². The SMILES string of the molecule is Oc1ccc2c(c1)OCC(c1ccc(O)c(O)c1)C2. The van der Waals surface area contributed by atoms with E-state index in [-0.39, 0.29) is 23.2 Å². The quantitative estimate of drug-likeness (QED) is 0.687. The van der Waals surface area contributed by atoms with Crippen LogP contribution in [0.4, 0.5) is 0 Å². The zero-order chi connectivity index (χ0) is 13.4. The number of benzene rings is 2. The Morgan fingerprint density at radius 3 is 2.58 bits per heavy atom. The molecular formula is C15H14O4. The van der Waals surface area contributed by atoms with E-state index in [9.17, 15) is 15.3 Å². The van der Waals surface area contributed by atoms with Gasteiger partial charge in [-0.15, -0.1) is 0 Å². The number of phenolic OH excluding ortho intramolecular Hbond substituents is 3. The summed E-state index contributed by atoms with van der Waals surface area (Å²) in [5, 5.41) is 28.3. The molecule has 1 unspecified atom stereocenters. The van der Waals surface area contributed by atoms with Crippen LogP contribution in [-0.4, -0.2) is 21.9 Å². The van der Waals surface area contributed by atoms with Crippen LogP contribution in [0.1, 0.15) is 17.0 Å². The molecule has 4 nitrogen and oxygen atoms in total. The largest absolute Gasteiger partial charge is 0.508 e. The molecule has 1 aliphatic heterocycles. The number of hydrogen-bond donors (Lipinski definition) is 3. The first kappa shape index (κ1) is 11.7. The highest BCUT2D eigenvalue weighted by molar-refractivity contribution is 5.45. The third kappa shape index (κ3) is 2.17. The van der Waals surface area contributed by atoms with Gasteiger partial charge in [0.15, 0.2) is 11.5 Å². The molecule has 3 N–H and O–H groups in total. The lowest BCUT2D eigenvalue weighted by Crippen LogP contribution is -2.19. The first-order valence-electron chi connectivity index (χ1n) is 6.10. The summed E-state index contributed by atoms with van der Waals surface area (Å²) in [6.07, 6.45) is 0.778. The Labute approximate surface area is 110 Å². The number of phenols is 3. The first-order valence-corrected chi connectivity index (χ1v) is 6.10. The maximum atomic E-state index is 9.54. The van der Waals surface area contributed by atoms with Crippen molar-refractivity contribution in [2.75, 3.05) is 6.61 Å². The smallest absolute Gasteiger partial charge is 0.157 e. The second kappa shape index (κ2) is 4.39. The number of fused-ring (bicyclic) bond motifs is 1. The Kier molecular flexibility index (Phi) is 2.71. The van der Waals surface area contributed by atoms with Gasteiger partial charge in [-0.25, -0.2) is 0 Å². The van der Waals surface area contributed by atoms with Crippen LogP contribution >= 0.6 is 0 Å². The van der Waals surface area contributed by atoms with E-state index in [1.165, 1.54) is 6.07 Å². The molecule has 4 heteroatoms. The fraction of sp³-hybridized carbons (Fsp3) is 0.200. The molecule has 0 amide bonds. The van der Waals surface area contributed by atoms with Crippen LogP contribution in [0.25, 0.3) is 0 Å². The minimum Gasteiger partial charge on any atom is -0.508 e. The molecule has 0 aromatic heterocycles. The zero-order valence-corrected chi connectivity index (χ0v) is 10.2. The van der Waals surface area contributed by atoms with Gasteiger partial charge < -0.3 is 20.1 Å². The van der Waals surface area contributed by atoms with E-state index in [1.807, 2.05) is 6.07 Å². The van der Waals surface area contributed by atoms with Crippen molar-refractivity contribution in [3.05, 3.63) is 47.5 Å². The first-order chi connectivity index (χ1) is 9.13. The van der Waals surface area contributed by atoms with E-state index in [0.717, 1.165) is 17.5 Å². The molecule has 1 heterocycles. The number of aromatic hydroxyl groups is 3. The number of ether oxygens (including phenoxy) is 1. The van der Waals surface area contributed by atoms with Gasteiger partial charge in [-0.2, -0.15) is 0 Å². The fourth-order valence-electron chi connectivity index (χ4n) is 2.37. The lowest BCUT2D eigenvalue weighted by molar-refractivity contribution is 0.261. The molecule has 0 radical (unpaired) electrons. The van der Waals surface area contributed by atoms with Crippen molar-refractivity contribution in [2.24, 2.45) is 0 Å². The maximum absolute atomic E-state index is 9.54. The summed E-state index contributed by atoms with van der Waals surface area (Å²) in [6, 6.07) is 9.93. The van der Waals surface area contributed by atoms with E-state index in [2.05, 4.69) is 0 Å². The Morgan fingerprint density at radius 1 is 0.947 bits per heavy atom. The molecule has 3 rings (SSSR count). The van der Waals surface area contributed by atoms with Gasteiger partial charge in [-0.05, 0) is 35.7 Å². The van der Waals surface area contributed by atoms with Crippen LogP contribution < -0.4 is 4.74 Å². The molecule has 2 aromatic rings. The Morgan fingerprint density at radius 2 is 1.79 bits per heavy atom. The van der Waals surface area contributed by atoms with Gasteiger partial charge in [0.2, 0.25) is 0 Å². The minimum atomic E-state index is -0.120. The molecule has 0 spiro atoms. The van der Waals surface area contributed by atoms with Crippen molar-refractivity contribution >= 4 is 0 Å². The standard InChI is InChI=1S/C15H14O4/c16-12-3-1-10-5-11(8-19-15(10)7-12)9-2-4-13(17)14(18)6-9/h1-4,6-7,11,16-18H,5,8H2. The van der Waals surface area contributed by atoms with Gasteiger partial charge in [0, 0.05) is 12.0 Å². The number of hydrogen-bond acceptors (Lipinski definition) is 4. The molecule has 0 aliphatic carbocycles. The van der Waals surface area contributed by atoms with E-state index >= 15 is 0 Å². The summed E-state index contributed by atoms with van der Waals surface area (Å²) in [6.45, 7) is 0.487. The van der Waals surface area contributed by atoms with Gasteiger partial charge in [-0.3, -0.25) is 0 Å². The van der Waals surface area contributed by atoms with Gasteiger partial charge in [0.05, 0.1) is 6.61 Å². The highest BCUT2D eigenvalue weighted by atomic mass is 16.5. The lowest BCUT2D eigenvalue weighted by atomic mass is 9.90. The molecular weight excluding hydrogens is 244 g/mol. The fourth-order valence-corrected chi connectivity index (χ4v) is 2.37. The van der Waals surface area contributed by atoms with Gasteiger partial charge in [0.25, 0.3) is 0 Å². The van der Waals surface area contributed by atoms with Crippen molar-refractivity contribution in [2.45, 2.75) is 12.3 Å². The second-order valence-corrected chi connectivity index (χ2v) is 4.75. The van der Waals surface area contributed by atoms with Crippen molar-refractivity contribution in [3.63, 3.8) is 0 Å². The highest BCUT2D eigenvalue weighted by Crippen LogP contribution is 2.36. The van der Waals surface area contributed by atoms with E-state index in [1.54, 1.807) is 24.3 Å². The zero-order valence-electron chi connectivity index (χ0n) is 10.2. The summed E-state index contributed by atoms with van der Waals surface area (Å²) in [4.78, 5) is 0. The van der Waals surface area contributed by atoms with Crippen molar-refractivity contribution in [1.82, 2.24) is 0 Å². The third-order valence-corrected chi connectivity index (χ3v) is 3.43. The average Bonchev–Trinajstić information content (AvgIpc) is 2.41. The van der Waals surface area contributed by atoms with E-state index in [4.69, 9.17) is 4.74 Å². The molecule has 1 aliphatic rings. The predicted molar refractivity (Wildman–Crippen MR) is 69.8 cm³/mol. The molecule has 0 fully saturated rings. The molecule has 0 saturated carbocycles. The molecule has 98 valence electrons. The molecule has 1 atom stereocenters. The Bertz CT molecular complexity index is 622. The third-order valence-electron chi connectivity index (χ3n) is 3.43. The van der Waals surface area contributed by atoms with Crippen LogP contribution in [-0.2, 0) is 6.42 Å². The topological polar surface area (TPSA) is 69.9 Å². The van der Waals surface area contributed by atoms with Crippen LogP contribution in [0, 0.1) is 0 Å². The maximum Gasteiger partial charge on any atom is 0.157 e. The summed E-state index contributed by atoms with van der Waals surface area (Å²) >= 11 is 0. The van der Waals surface area contributed by atoms with Crippen LogP contribution in [0.2, 0.25) is 0 Å².